The van der Waals surface area contributed by atoms with Gasteiger partial charge in [0.25, 0.3) is 5.91 Å². The number of benzene rings is 2. The third-order valence-electron chi connectivity index (χ3n) is 4.98. The molecule has 0 unspecified atom stereocenters. The van der Waals surface area contributed by atoms with Crippen molar-refractivity contribution in [1.82, 2.24) is 9.88 Å². The molecular formula is C22H19N3O3. The number of aromatic nitrogens is 1. The molecule has 0 bridgehead atoms. The van der Waals surface area contributed by atoms with Crippen LogP contribution in [0, 0.1) is 6.92 Å². The van der Waals surface area contributed by atoms with Gasteiger partial charge in [0.15, 0.2) is 0 Å². The normalized spacial score (nSPS) is 14.1. The second-order valence-corrected chi connectivity index (χ2v) is 7.01. The third kappa shape index (κ3) is 3.24. The molecule has 3 aromatic rings. The molecule has 1 fully saturated rings. The minimum absolute atomic E-state index is 0.163. The zero-order valence-corrected chi connectivity index (χ0v) is 15.4. The van der Waals surface area contributed by atoms with Gasteiger partial charge in [0, 0.05) is 18.2 Å². The molecule has 140 valence electrons. The van der Waals surface area contributed by atoms with Crippen LogP contribution in [0.5, 0.6) is 0 Å². The molecule has 0 spiro atoms. The molecule has 0 radical (unpaired) electrons. The van der Waals surface area contributed by atoms with Crippen LogP contribution in [0.2, 0.25) is 0 Å². The Morgan fingerprint density at radius 3 is 2.36 bits per heavy atom. The summed E-state index contributed by atoms with van der Waals surface area (Å²) in [5.41, 5.74) is 9.99. The molecule has 4 rings (SSSR count). The SMILES string of the molecule is Cc1ccc(-c2cc(C(N)=O)nc3cc(CN4C(=O)CCC4=O)ccc23)cc1. The summed E-state index contributed by atoms with van der Waals surface area (Å²) in [7, 11) is 0. The zero-order chi connectivity index (χ0) is 19.8. The number of nitrogens with two attached hydrogens (primary N) is 1. The summed E-state index contributed by atoms with van der Waals surface area (Å²) in [5.74, 6) is -0.931. The topological polar surface area (TPSA) is 93.4 Å². The van der Waals surface area contributed by atoms with E-state index in [2.05, 4.69) is 4.98 Å². The molecule has 2 heterocycles. The molecule has 28 heavy (non-hydrogen) atoms. The van der Waals surface area contributed by atoms with Gasteiger partial charge < -0.3 is 5.73 Å². The fraction of sp³-hybridized carbons (Fsp3) is 0.182. The third-order valence-corrected chi connectivity index (χ3v) is 4.98. The Kier molecular flexibility index (Phi) is 4.39. The number of primary amides is 1. The number of carbonyl (C=O) groups is 3. The fourth-order valence-corrected chi connectivity index (χ4v) is 3.45. The van der Waals surface area contributed by atoms with Crippen molar-refractivity contribution in [3.63, 3.8) is 0 Å². The summed E-state index contributed by atoms with van der Waals surface area (Å²) in [4.78, 5) is 41.2. The van der Waals surface area contributed by atoms with Crippen LogP contribution in [0.3, 0.4) is 0 Å². The van der Waals surface area contributed by atoms with Crippen molar-refractivity contribution in [2.45, 2.75) is 26.3 Å². The van der Waals surface area contributed by atoms with Crippen molar-refractivity contribution in [3.8, 4) is 11.1 Å². The summed E-state index contributed by atoms with van der Waals surface area (Å²) in [6.45, 7) is 2.21. The van der Waals surface area contributed by atoms with Crippen molar-refractivity contribution in [1.29, 1.82) is 0 Å². The lowest BCUT2D eigenvalue weighted by molar-refractivity contribution is -0.139. The van der Waals surface area contributed by atoms with Crippen molar-refractivity contribution in [2.75, 3.05) is 0 Å². The molecule has 1 aromatic heterocycles. The van der Waals surface area contributed by atoms with Gasteiger partial charge in [-0.05, 0) is 35.7 Å². The molecular weight excluding hydrogens is 354 g/mol. The van der Waals surface area contributed by atoms with Crippen LogP contribution in [-0.2, 0) is 16.1 Å². The first kappa shape index (κ1) is 17.9. The van der Waals surface area contributed by atoms with Gasteiger partial charge in [-0.15, -0.1) is 0 Å². The van der Waals surface area contributed by atoms with E-state index in [4.69, 9.17) is 5.73 Å². The van der Waals surface area contributed by atoms with E-state index >= 15 is 0 Å². The zero-order valence-electron chi connectivity index (χ0n) is 15.4. The van der Waals surface area contributed by atoms with Crippen LogP contribution >= 0.6 is 0 Å². The Balaban J connectivity index is 1.82. The van der Waals surface area contributed by atoms with Crippen LogP contribution in [0.25, 0.3) is 22.0 Å². The fourth-order valence-electron chi connectivity index (χ4n) is 3.45. The highest BCUT2D eigenvalue weighted by Gasteiger charge is 2.28. The number of imide groups is 1. The van der Waals surface area contributed by atoms with Gasteiger partial charge in [-0.2, -0.15) is 0 Å². The maximum atomic E-state index is 11.9. The highest BCUT2D eigenvalue weighted by molar-refractivity contribution is 6.02. The van der Waals surface area contributed by atoms with E-state index < -0.39 is 5.91 Å². The lowest BCUT2D eigenvalue weighted by Crippen LogP contribution is -2.28. The van der Waals surface area contributed by atoms with Crippen LogP contribution in [0.4, 0.5) is 0 Å². The van der Waals surface area contributed by atoms with Gasteiger partial charge >= 0.3 is 0 Å². The predicted molar refractivity (Wildman–Crippen MR) is 105 cm³/mol. The number of pyridine rings is 1. The number of hydrogen-bond acceptors (Lipinski definition) is 4. The summed E-state index contributed by atoms with van der Waals surface area (Å²) in [5, 5.41) is 0.872. The van der Waals surface area contributed by atoms with Crippen LogP contribution in [-0.4, -0.2) is 27.6 Å². The van der Waals surface area contributed by atoms with E-state index in [1.165, 1.54) is 4.90 Å². The number of amides is 3. The van der Waals surface area contributed by atoms with Crippen molar-refractivity contribution < 1.29 is 14.4 Å². The average Bonchev–Trinajstić information content (AvgIpc) is 2.99. The Hall–Kier alpha value is -3.54. The predicted octanol–water partition coefficient (Wildman–Crippen LogP) is 2.96. The van der Waals surface area contributed by atoms with Crippen LogP contribution in [0.1, 0.15) is 34.5 Å². The number of carbonyl (C=O) groups excluding carboxylic acids is 3. The van der Waals surface area contributed by atoms with Gasteiger partial charge in [0.2, 0.25) is 11.8 Å². The summed E-state index contributed by atoms with van der Waals surface area (Å²) in [6, 6.07) is 15.3. The van der Waals surface area contributed by atoms with Gasteiger partial charge in [0.1, 0.15) is 5.69 Å². The van der Waals surface area contributed by atoms with Gasteiger partial charge in [-0.25, -0.2) is 4.98 Å². The van der Waals surface area contributed by atoms with E-state index in [1.54, 1.807) is 12.1 Å². The Bertz CT molecular complexity index is 1100. The minimum atomic E-state index is -0.606. The Labute approximate surface area is 162 Å². The number of hydrogen-bond donors (Lipinski definition) is 1. The van der Waals surface area contributed by atoms with Gasteiger partial charge in [0.05, 0.1) is 12.1 Å². The molecule has 1 aliphatic rings. The molecule has 0 saturated carbocycles. The van der Waals surface area contributed by atoms with Crippen molar-refractivity contribution in [3.05, 3.63) is 65.4 Å². The maximum Gasteiger partial charge on any atom is 0.267 e. The van der Waals surface area contributed by atoms with Crippen LogP contribution < -0.4 is 5.73 Å². The summed E-state index contributed by atoms with van der Waals surface area (Å²) >= 11 is 0. The average molecular weight is 373 g/mol. The number of fused-ring (bicyclic) bond motifs is 1. The van der Waals surface area contributed by atoms with Crippen molar-refractivity contribution in [2.24, 2.45) is 5.73 Å². The first-order valence-electron chi connectivity index (χ1n) is 9.06. The number of aryl methyl sites for hydroxylation is 1. The second-order valence-electron chi connectivity index (χ2n) is 7.01. The van der Waals surface area contributed by atoms with Gasteiger partial charge in [-0.1, -0.05) is 42.0 Å². The quantitative estimate of drug-likeness (QED) is 0.712. The molecule has 1 saturated heterocycles. The standard InChI is InChI=1S/C22H19N3O3/c1-13-2-5-15(6-3-13)17-11-19(22(23)28)24-18-10-14(4-7-16(17)18)12-25-20(26)8-9-21(25)27/h2-7,10-11H,8-9,12H2,1H3,(H2,23,28). The second kappa shape index (κ2) is 6.88. The first-order chi connectivity index (χ1) is 13.4. The van der Waals surface area contributed by atoms with E-state index in [9.17, 15) is 14.4 Å². The smallest absolute Gasteiger partial charge is 0.267 e. The maximum absolute atomic E-state index is 11.9. The highest BCUT2D eigenvalue weighted by atomic mass is 16.2. The summed E-state index contributed by atoms with van der Waals surface area (Å²) in [6.07, 6.45) is 0.516. The number of likely N-dealkylation sites (tertiary alicyclic amines) is 1. The van der Waals surface area contributed by atoms with E-state index in [-0.39, 0.29) is 36.9 Å². The highest BCUT2D eigenvalue weighted by Crippen LogP contribution is 2.30. The molecule has 1 aliphatic heterocycles. The summed E-state index contributed by atoms with van der Waals surface area (Å²) < 4.78 is 0. The van der Waals surface area contributed by atoms with E-state index in [0.717, 1.165) is 27.6 Å². The monoisotopic (exact) mass is 373 g/mol. The molecule has 2 N–H and O–H groups in total. The largest absolute Gasteiger partial charge is 0.364 e. The van der Waals surface area contributed by atoms with Gasteiger partial charge in [-0.3, -0.25) is 19.3 Å². The number of rotatable bonds is 4. The van der Waals surface area contributed by atoms with E-state index in [0.29, 0.717) is 5.52 Å². The molecule has 0 aliphatic carbocycles. The van der Waals surface area contributed by atoms with Crippen molar-refractivity contribution >= 4 is 28.6 Å². The molecule has 6 nitrogen and oxygen atoms in total. The van der Waals surface area contributed by atoms with E-state index in [1.807, 2.05) is 43.3 Å². The first-order valence-corrected chi connectivity index (χ1v) is 9.06. The molecule has 6 heteroatoms. The minimum Gasteiger partial charge on any atom is -0.364 e. The lowest BCUT2D eigenvalue weighted by Gasteiger charge is -2.15. The molecule has 0 atom stereocenters. The molecule has 3 amide bonds. The Morgan fingerprint density at radius 2 is 1.71 bits per heavy atom. The van der Waals surface area contributed by atoms with Crippen LogP contribution in [0.15, 0.2) is 48.5 Å². The molecule has 2 aromatic carbocycles. The lowest BCUT2D eigenvalue weighted by atomic mass is 9.98. The Morgan fingerprint density at radius 1 is 1.04 bits per heavy atom. The number of nitrogens with zero attached hydrogens (tertiary/aromatic N) is 2.